The van der Waals surface area contributed by atoms with E-state index in [0.717, 1.165) is 22.1 Å². The Morgan fingerprint density at radius 1 is 0.955 bits per heavy atom. The molecule has 1 fully saturated rings. The van der Waals surface area contributed by atoms with E-state index >= 15 is 0 Å². The number of amides is 2. The standard InChI is InChI=1S/C35H40N6O3/c36-35(37)38-20-9-16-31-34(43)41(24-32(26-11-3-1-4-12-26)44-30-14-5-2-6-15-30)21-19-29(40-31)23-39-33(42)28-18-17-25-10-7-8-13-27(25)22-28/h1-8,10-15,17-18,22,29,31-32,40H,9,16,19-21,23-24H2,(H,39,42)(H4,36,37,38). The molecule has 4 aromatic carbocycles. The second-order valence-corrected chi connectivity index (χ2v) is 11.0. The Hall–Kier alpha value is -4.89. The zero-order valence-corrected chi connectivity index (χ0v) is 24.8. The largest absolute Gasteiger partial charge is 0.484 e. The molecule has 0 aliphatic carbocycles. The Bertz CT molecular complexity index is 1560. The van der Waals surface area contributed by atoms with Gasteiger partial charge in [0.05, 0.1) is 12.6 Å². The molecule has 1 saturated heterocycles. The summed E-state index contributed by atoms with van der Waals surface area (Å²) in [6.07, 6.45) is 1.50. The second-order valence-electron chi connectivity index (χ2n) is 11.0. The summed E-state index contributed by atoms with van der Waals surface area (Å²) in [4.78, 5) is 33.0. The zero-order chi connectivity index (χ0) is 30.7. The lowest BCUT2D eigenvalue weighted by molar-refractivity contribution is -0.134. The SMILES string of the molecule is NC(N)=NCCCC1NC(CNC(=O)c2ccc3ccccc3c2)CCN(CC(Oc2ccccc2)c2ccccc2)C1=O. The van der Waals surface area contributed by atoms with Crippen LogP contribution in [-0.4, -0.2) is 60.9 Å². The van der Waals surface area contributed by atoms with Gasteiger partial charge in [-0.1, -0.05) is 78.9 Å². The van der Waals surface area contributed by atoms with E-state index in [4.69, 9.17) is 16.2 Å². The van der Waals surface area contributed by atoms with Crippen molar-refractivity contribution in [2.75, 3.05) is 26.2 Å². The summed E-state index contributed by atoms with van der Waals surface area (Å²) in [6, 6.07) is 32.7. The average Bonchev–Trinajstić information content (AvgIpc) is 3.20. The van der Waals surface area contributed by atoms with E-state index in [-0.39, 0.29) is 29.9 Å². The van der Waals surface area contributed by atoms with Gasteiger partial charge in [0.15, 0.2) is 5.96 Å². The van der Waals surface area contributed by atoms with Gasteiger partial charge in [0.1, 0.15) is 11.9 Å². The van der Waals surface area contributed by atoms with Gasteiger partial charge >= 0.3 is 0 Å². The summed E-state index contributed by atoms with van der Waals surface area (Å²) < 4.78 is 6.42. The molecule has 4 aromatic rings. The van der Waals surface area contributed by atoms with Crippen molar-refractivity contribution in [3.63, 3.8) is 0 Å². The summed E-state index contributed by atoms with van der Waals surface area (Å²) in [5.41, 5.74) is 12.6. The molecule has 228 valence electrons. The first-order chi connectivity index (χ1) is 21.5. The number of nitrogens with two attached hydrogens (primary N) is 2. The fraction of sp³-hybridized carbons (Fsp3) is 0.286. The van der Waals surface area contributed by atoms with Gasteiger partial charge < -0.3 is 31.7 Å². The molecule has 3 unspecified atom stereocenters. The number of fused-ring (bicyclic) bond motifs is 1. The van der Waals surface area contributed by atoms with E-state index < -0.39 is 6.04 Å². The van der Waals surface area contributed by atoms with Gasteiger partial charge in [0.2, 0.25) is 5.91 Å². The number of ether oxygens (including phenoxy) is 1. The Balaban J connectivity index is 1.30. The van der Waals surface area contributed by atoms with Gasteiger partial charge in [0.25, 0.3) is 5.91 Å². The average molecular weight is 593 g/mol. The predicted octanol–water partition coefficient (Wildman–Crippen LogP) is 4.00. The Morgan fingerprint density at radius 3 is 2.41 bits per heavy atom. The van der Waals surface area contributed by atoms with Crippen LogP contribution < -0.4 is 26.8 Å². The van der Waals surface area contributed by atoms with Crippen LogP contribution in [0, 0.1) is 0 Å². The van der Waals surface area contributed by atoms with Crippen molar-refractivity contribution >= 4 is 28.5 Å². The van der Waals surface area contributed by atoms with Crippen LogP contribution in [0.1, 0.15) is 41.3 Å². The Labute approximate surface area is 258 Å². The Kier molecular flexibility index (Phi) is 10.4. The molecular weight excluding hydrogens is 552 g/mol. The molecule has 6 N–H and O–H groups in total. The van der Waals surface area contributed by atoms with E-state index in [0.29, 0.717) is 51.0 Å². The van der Waals surface area contributed by atoms with Crippen molar-refractivity contribution < 1.29 is 14.3 Å². The number of aliphatic imine (C=N–C) groups is 1. The Morgan fingerprint density at radius 2 is 1.66 bits per heavy atom. The van der Waals surface area contributed by atoms with Crippen LogP contribution in [0.25, 0.3) is 10.8 Å². The minimum absolute atomic E-state index is 0.00403. The number of carbonyl (C=O) groups excluding carboxylic acids is 2. The van der Waals surface area contributed by atoms with Crippen molar-refractivity contribution in [3.8, 4) is 5.75 Å². The first kappa shape index (κ1) is 30.6. The number of carbonyl (C=O) groups is 2. The number of hydrogen-bond acceptors (Lipinski definition) is 5. The summed E-state index contributed by atoms with van der Waals surface area (Å²) in [5.74, 6) is 0.625. The van der Waals surface area contributed by atoms with Gasteiger partial charge in [0, 0.05) is 31.2 Å². The van der Waals surface area contributed by atoms with Crippen LogP contribution in [0.15, 0.2) is 108 Å². The number of hydrogen-bond donors (Lipinski definition) is 4. The van der Waals surface area contributed by atoms with Crippen molar-refractivity contribution in [1.82, 2.24) is 15.5 Å². The predicted molar refractivity (Wildman–Crippen MR) is 174 cm³/mol. The zero-order valence-electron chi connectivity index (χ0n) is 24.8. The smallest absolute Gasteiger partial charge is 0.251 e. The normalized spacial score (nSPS) is 17.5. The highest BCUT2D eigenvalue weighted by Crippen LogP contribution is 2.25. The van der Waals surface area contributed by atoms with Crippen molar-refractivity contribution in [2.45, 2.75) is 37.5 Å². The summed E-state index contributed by atoms with van der Waals surface area (Å²) >= 11 is 0. The van der Waals surface area contributed by atoms with E-state index in [2.05, 4.69) is 15.6 Å². The summed E-state index contributed by atoms with van der Waals surface area (Å²) in [5, 5.41) is 8.71. The van der Waals surface area contributed by atoms with Crippen LogP contribution in [0.2, 0.25) is 0 Å². The number of nitrogens with one attached hydrogen (secondary N) is 2. The van der Waals surface area contributed by atoms with Crippen LogP contribution >= 0.6 is 0 Å². The van der Waals surface area contributed by atoms with E-state index in [1.165, 1.54) is 0 Å². The molecule has 44 heavy (non-hydrogen) atoms. The molecule has 9 heteroatoms. The molecule has 0 aromatic heterocycles. The molecule has 0 spiro atoms. The summed E-state index contributed by atoms with van der Waals surface area (Å²) in [6.45, 7) is 1.73. The number of rotatable bonds is 12. The third kappa shape index (κ3) is 8.35. The first-order valence-electron chi connectivity index (χ1n) is 15.1. The third-order valence-corrected chi connectivity index (χ3v) is 7.84. The van der Waals surface area contributed by atoms with Gasteiger partial charge in [-0.2, -0.15) is 0 Å². The van der Waals surface area contributed by atoms with Crippen LogP contribution in [0.5, 0.6) is 5.75 Å². The molecular formula is C35H40N6O3. The second kappa shape index (κ2) is 15.0. The first-order valence-corrected chi connectivity index (χ1v) is 15.1. The number of benzene rings is 4. The van der Waals surface area contributed by atoms with Crippen molar-refractivity contribution in [3.05, 3.63) is 114 Å². The van der Waals surface area contributed by atoms with Crippen molar-refractivity contribution in [2.24, 2.45) is 16.5 Å². The van der Waals surface area contributed by atoms with Gasteiger partial charge in [-0.3, -0.25) is 14.6 Å². The van der Waals surface area contributed by atoms with Gasteiger partial charge in [-0.15, -0.1) is 0 Å². The lowest BCUT2D eigenvalue weighted by atomic mass is 10.1. The van der Waals surface area contributed by atoms with E-state index in [1.807, 2.05) is 108 Å². The molecule has 3 atom stereocenters. The highest BCUT2D eigenvalue weighted by molar-refractivity contribution is 5.98. The molecule has 1 heterocycles. The van der Waals surface area contributed by atoms with Crippen LogP contribution in [-0.2, 0) is 4.79 Å². The van der Waals surface area contributed by atoms with Crippen LogP contribution in [0.4, 0.5) is 0 Å². The molecule has 1 aliphatic rings. The highest BCUT2D eigenvalue weighted by Gasteiger charge is 2.32. The molecule has 1 aliphatic heterocycles. The maximum Gasteiger partial charge on any atom is 0.251 e. The number of para-hydroxylation sites is 1. The maximum atomic E-state index is 14.0. The fourth-order valence-corrected chi connectivity index (χ4v) is 5.52. The molecule has 9 nitrogen and oxygen atoms in total. The van der Waals surface area contributed by atoms with Gasteiger partial charge in [-0.25, -0.2) is 0 Å². The lowest BCUT2D eigenvalue weighted by Gasteiger charge is -2.29. The molecule has 0 radical (unpaired) electrons. The topological polar surface area (TPSA) is 135 Å². The summed E-state index contributed by atoms with van der Waals surface area (Å²) in [7, 11) is 0. The molecule has 2 amide bonds. The maximum absolute atomic E-state index is 14.0. The van der Waals surface area contributed by atoms with Crippen LogP contribution in [0.3, 0.4) is 0 Å². The van der Waals surface area contributed by atoms with E-state index in [1.54, 1.807) is 0 Å². The van der Waals surface area contributed by atoms with E-state index in [9.17, 15) is 9.59 Å². The number of guanidine groups is 1. The quantitative estimate of drug-likeness (QED) is 0.112. The van der Waals surface area contributed by atoms with Crippen molar-refractivity contribution in [1.29, 1.82) is 0 Å². The molecule has 0 bridgehead atoms. The monoisotopic (exact) mass is 592 g/mol. The molecule has 5 rings (SSSR count). The van der Waals surface area contributed by atoms with Gasteiger partial charge in [-0.05, 0) is 59.9 Å². The minimum atomic E-state index is -0.456. The minimum Gasteiger partial charge on any atom is -0.484 e. The third-order valence-electron chi connectivity index (χ3n) is 7.84. The highest BCUT2D eigenvalue weighted by atomic mass is 16.5. The molecule has 0 saturated carbocycles. The number of nitrogens with zero attached hydrogens (tertiary/aromatic N) is 2. The lowest BCUT2D eigenvalue weighted by Crippen LogP contribution is -2.49. The fourth-order valence-electron chi connectivity index (χ4n) is 5.52.